The van der Waals surface area contributed by atoms with E-state index >= 15 is 0 Å². The molecular formula is C23H23ClN2O4. The maximum absolute atomic E-state index is 13.0. The number of fused-ring (bicyclic) bond motifs is 1. The van der Waals surface area contributed by atoms with Gasteiger partial charge in [0, 0.05) is 23.6 Å². The summed E-state index contributed by atoms with van der Waals surface area (Å²) < 4.78 is 17.1. The number of aryl methyl sites for hydroxylation is 1. The highest BCUT2D eigenvalue weighted by Gasteiger charge is 2.19. The SMILES string of the molecule is COc1cccc2cc(C(=O)NC[C@@H]3CCCO3)c(=Nc3cc(Cl)ccc3C)oc12. The molecule has 7 heteroatoms. The van der Waals surface area contributed by atoms with E-state index in [-0.39, 0.29) is 17.6 Å². The van der Waals surface area contributed by atoms with Crippen LogP contribution in [0.5, 0.6) is 5.75 Å². The number of rotatable bonds is 5. The molecule has 1 aliphatic rings. The molecule has 4 rings (SSSR count). The topological polar surface area (TPSA) is 73.1 Å². The van der Waals surface area contributed by atoms with Gasteiger partial charge in [-0.15, -0.1) is 0 Å². The zero-order valence-electron chi connectivity index (χ0n) is 16.9. The average molecular weight is 427 g/mol. The number of nitrogens with one attached hydrogen (secondary N) is 1. The molecule has 156 valence electrons. The number of carbonyl (C=O) groups excluding carboxylic acids is 1. The third kappa shape index (κ3) is 4.35. The van der Waals surface area contributed by atoms with Gasteiger partial charge in [0.1, 0.15) is 5.56 Å². The smallest absolute Gasteiger partial charge is 0.256 e. The molecule has 30 heavy (non-hydrogen) atoms. The third-order valence-electron chi connectivity index (χ3n) is 5.11. The summed E-state index contributed by atoms with van der Waals surface area (Å²) in [7, 11) is 1.57. The van der Waals surface area contributed by atoms with Crippen LogP contribution in [0, 0.1) is 6.92 Å². The van der Waals surface area contributed by atoms with Crippen LogP contribution < -0.4 is 15.6 Å². The first-order valence-corrected chi connectivity index (χ1v) is 10.2. The molecule has 1 N–H and O–H groups in total. The lowest BCUT2D eigenvalue weighted by Crippen LogP contribution is -2.34. The summed E-state index contributed by atoms with van der Waals surface area (Å²) in [6, 6.07) is 12.7. The molecule has 0 radical (unpaired) electrons. The standard InChI is InChI=1S/C23H23ClN2O4/c1-14-8-9-16(24)12-19(14)26-23-18(22(27)25-13-17-6-4-10-29-17)11-15-5-3-7-20(28-2)21(15)30-23/h3,5,7-9,11-12,17H,4,6,10,13H2,1-2H3,(H,25,27)/t17-/m0/s1. The van der Waals surface area contributed by atoms with Gasteiger partial charge >= 0.3 is 0 Å². The highest BCUT2D eigenvalue weighted by atomic mass is 35.5. The molecule has 1 aromatic heterocycles. The Bertz CT molecular complexity index is 1150. The molecule has 1 saturated heterocycles. The van der Waals surface area contributed by atoms with Gasteiger partial charge in [-0.1, -0.05) is 29.8 Å². The van der Waals surface area contributed by atoms with E-state index in [0.29, 0.717) is 34.2 Å². The summed E-state index contributed by atoms with van der Waals surface area (Å²) in [6.45, 7) is 3.11. The van der Waals surface area contributed by atoms with Gasteiger partial charge in [0.2, 0.25) is 5.55 Å². The maximum Gasteiger partial charge on any atom is 0.256 e. The van der Waals surface area contributed by atoms with Crippen molar-refractivity contribution in [1.82, 2.24) is 5.32 Å². The predicted octanol–water partition coefficient (Wildman–Crippen LogP) is 4.54. The number of nitrogens with zero attached hydrogens (tertiary/aromatic N) is 1. The fraction of sp³-hybridized carbons (Fsp3) is 0.304. The Hall–Kier alpha value is -2.83. The highest BCUT2D eigenvalue weighted by Crippen LogP contribution is 2.26. The van der Waals surface area contributed by atoms with Crippen LogP contribution in [0.25, 0.3) is 11.0 Å². The molecule has 6 nitrogen and oxygen atoms in total. The number of para-hydroxylation sites is 1. The van der Waals surface area contributed by atoms with Crippen molar-refractivity contribution in [2.45, 2.75) is 25.9 Å². The van der Waals surface area contributed by atoms with Gasteiger partial charge in [0.15, 0.2) is 11.3 Å². The number of hydrogen-bond acceptors (Lipinski definition) is 5. The Balaban J connectivity index is 1.82. The second-order valence-electron chi connectivity index (χ2n) is 7.23. The summed E-state index contributed by atoms with van der Waals surface area (Å²) >= 11 is 6.15. The minimum absolute atomic E-state index is 0.0435. The van der Waals surface area contributed by atoms with E-state index in [1.54, 1.807) is 31.4 Å². The van der Waals surface area contributed by atoms with Crippen LogP contribution in [0.15, 0.2) is 51.9 Å². The molecule has 0 bridgehead atoms. The zero-order valence-corrected chi connectivity index (χ0v) is 17.7. The van der Waals surface area contributed by atoms with Crippen molar-refractivity contribution < 1.29 is 18.7 Å². The number of methoxy groups -OCH3 is 1. The lowest BCUT2D eigenvalue weighted by Gasteiger charge is -2.12. The Morgan fingerprint density at radius 2 is 2.17 bits per heavy atom. The number of ether oxygens (including phenoxy) is 2. The molecule has 2 aromatic carbocycles. The monoisotopic (exact) mass is 426 g/mol. The van der Waals surface area contributed by atoms with Crippen molar-refractivity contribution in [3.05, 3.63) is 64.2 Å². The number of hydrogen-bond donors (Lipinski definition) is 1. The van der Waals surface area contributed by atoms with Crippen molar-refractivity contribution in [1.29, 1.82) is 0 Å². The van der Waals surface area contributed by atoms with Gasteiger partial charge in [-0.3, -0.25) is 4.79 Å². The average Bonchev–Trinajstić information content (AvgIpc) is 3.27. The molecule has 2 heterocycles. The van der Waals surface area contributed by atoms with E-state index in [4.69, 9.17) is 25.5 Å². The molecule has 0 saturated carbocycles. The van der Waals surface area contributed by atoms with Gasteiger partial charge < -0.3 is 19.2 Å². The number of benzene rings is 2. The predicted molar refractivity (Wildman–Crippen MR) is 115 cm³/mol. The molecule has 0 spiro atoms. The van der Waals surface area contributed by atoms with Crippen LogP contribution in [0.4, 0.5) is 5.69 Å². The minimum atomic E-state index is -0.266. The molecule has 3 aromatic rings. The first-order chi connectivity index (χ1) is 14.5. The van der Waals surface area contributed by atoms with Crippen molar-refractivity contribution >= 4 is 34.2 Å². The van der Waals surface area contributed by atoms with Crippen LogP contribution in [0.2, 0.25) is 5.02 Å². The molecule has 1 amide bonds. The van der Waals surface area contributed by atoms with E-state index in [1.807, 2.05) is 25.1 Å². The minimum Gasteiger partial charge on any atom is -0.493 e. The largest absolute Gasteiger partial charge is 0.493 e. The second kappa shape index (κ2) is 8.90. The van der Waals surface area contributed by atoms with Gasteiger partial charge in [0.05, 0.1) is 18.9 Å². The molecule has 1 atom stereocenters. The lowest BCUT2D eigenvalue weighted by atomic mass is 10.1. The molecule has 1 fully saturated rings. The van der Waals surface area contributed by atoms with Gasteiger partial charge in [-0.2, -0.15) is 0 Å². The molecule has 0 aliphatic carbocycles. The Kier molecular flexibility index (Phi) is 6.06. The van der Waals surface area contributed by atoms with Crippen molar-refractivity contribution in [2.75, 3.05) is 20.3 Å². The normalized spacial score (nSPS) is 16.8. The van der Waals surface area contributed by atoms with Gasteiger partial charge in [-0.05, 0) is 49.6 Å². The molecule has 1 aliphatic heterocycles. The Labute approximate surface area is 179 Å². The van der Waals surface area contributed by atoms with E-state index < -0.39 is 0 Å². The van der Waals surface area contributed by atoms with E-state index in [2.05, 4.69) is 10.3 Å². The number of halogens is 1. The first kappa shape index (κ1) is 20.4. The molecule has 0 unspecified atom stereocenters. The fourth-order valence-corrected chi connectivity index (χ4v) is 3.62. The Morgan fingerprint density at radius 3 is 2.93 bits per heavy atom. The summed E-state index contributed by atoms with van der Waals surface area (Å²) in [5, 5.41) is 4.25. The van der Waals surface area contributed by atoms with Crippen LogP contribution in [-0.2, 0) is 4.74 Å². The summed E-state index contributed by atoms with van der Waals surface area (Å²) in [6.07, 6.45) is 2.00. The van der Waals surface area contributed by atoms with E-state index in [9.17, 15) is 4.79 Å². The number of amides is 1. The van der Waals surface area contributed by atoms with E-state index in [1.165, 1.54) is 0 Å². The third-order valence-corrected chi connectivity index (χ3v) is 5.35. The van der Waals surface area contributed by atoms with Crippen LogP contribution in [0.1, 0.15) is 28.8 Å². The van der Waals surface area contributed by atoms with Crippen molar-refractivity contribution in [3.8, 4) is 5.75 Å². The van der Waals surface area contributed by atoms with Crippen LogP contribution >= 0.6 is 11.6 Å². The first-order valence-electron chi connectivity index (χ1n) is 9.86. The van der Waals surface area contributed by atoms with Crippen molar-refractivity contribution in [2.24, 2.45) is 4.99 Å². The zero-order chi connectivity index (χ0) is 21.1. The quantitative estimate of drug-likeness (QED) is 0.649. The highest BCUT2D eigenvalue weighted by molar-refractivity contribution is 6.30. The summed E-state index contributed by atoms with van der Waals surface area (Å²) in [5.74, 6) is 0.301. The van der Waals surface area contributed by atoms with E-state index in [0.717, 1.165) is 30.4 Å². The van der Waals surface area contributed by atoms with Crippen LogP contribution in [0.3, 0.4) is 0 Å². The van der Waals surface area contributed by atoms with Crippen LogP contribution in [-0.4, -0.2) is 32.3 Å². The maximum atomic E-state index is 13.0. The van der Waals surface area contributed by atoms with Gasteiger partial charge in [0.25, 0.3) is 5.91 Å². The summed E-state index contributed by atoms with van der Waals surface area (Å²) in [4.78, 5) is 17.6. The molecular weight excluding hydrogens is 404 g/mol. The summed E-state index contributed by atoms with van der Waals surface area (Å²) in [5.41, 5.74) is 2.61. The second-order valence-corrected chi connectivity index (χ2v) is 7.67. The Morgan fingerprint density at radius 1 is 1.30 bits per heavy atom. The van der Waals surface area contributed by atoms with Gasteiger partial charge in [-0.25, -0.2) is 4.99 Å². The lowest BCUT2D eigenvalue weighted by molar-refractivity contribution is 0.0854. The number of carbonyl (C=O) groups is 1. The van der Waals surface area contributed by atoms with Crippen molar-refractivity contribution in [3.63, 3.8) is 0 Å². The fourth-order valence-electron chi connectivity index (χ4n) is 3.45.